The van der Waals surface area contributed by atoms with Gasteiger partial charge in [-0.3, -0.25) is 0 Å². The van der Waals surface area contributed by atoms with Crippen LogP contribution < -0.4 is 4.90 Å². The highest BCUT2D eigenvalue weighted by molar-refractivity contribution is 6.19. The fourth-order valence-corrected chi connectivity index (χ4v) is 9.79. The zero-order chi connectivity index (χ0) is 42.4. The van der Waals surface area contributed by atoms with Crippen LogP contribution in [-0.2, 0) is 0 Å². The fraction of sp³-hybridized carbons (Fsp3) is 0. The summed E-state index contributed by atoms with van der Waals surface area (Å²) in [5, 5.41) is 7.48. The summed E-state index contributed by atoms with van der Waals surface area (Å²) < 4.78 is 2.50. The molecule has 12 aromatic rings. The molecule has 11 aromatic carbocycles. The summed E-state index contributed by atoms with van der Waals surface area (Å²) >= 11 is 0. The first-order valence-corrected chi connectivity index (χ1v) is 22.0. The maximum Gasteiger partial charge on any atom is 0.0619 e. The van der Waals surface area contributed by atoms with Crippen LogP contribution in [0.2, 0.25) is 0 Å². The lowest BCUT2D eigenvalue weighted by Crippen LogP contribution is -2.09. The van der Waals surface area contributed by atoms with Crippen LogP contribution in [0, 0.1) is 0 Å². The van der Waals surface area contributed by atoms with Crippen molar-refractivity contribution in [3.63, 3.8) is 0 Å². The number of fused-ring (bicyclic) bond motifs is 6. The first kappa shape index (κ1) is 37.3. The van der Waals surface area contributed by atoms with Gasteiger partial charge in [-0.25, -0.2) is 0 Å². The second kappa shape index (κ2) is 15.8. The van der Waals surface area contributed by atoms with Gasteiger partial charge in [-0.05, 0) is 104 Å². The van der Waals surface area contributed by atoms with Crippen molar-refractivity contribution in [2.75, 3.05) is 4.90 Å². The number of para-hydroxylation sites is 1. The van der Waals surface area contributed by atoms with Gasteiger partial charge < -0.3 is 9.47 Å². The molecule has 0 N–H and O–H groups in total. The largest absolute Gasteiger partial charge is 0.311 e. The molecule has 0 spiro atoms. The second-order valence-corrected chi connectivity index (χ2v) is 16.5. The van der Waals surface area contributed by atoms with Gasteiger partial charge in [0, 0.05) is 38.8 Å². The molecule has 0 atom stereocenters. The van der Waals surface area contributed by atoms with Crippen molar-refractivity contribution in [3.8, 4) is 50.2 Å². The van der Waals surface area contributed by atoms with Crippen molar-refractivity contribution in [2.45, 2.75) is 0 Å². The van der Waals surface area contributed by atoms with E-state index >= 15 is 0 Å². The van der Waals surface area contributed by atoms with Gasteiger partial charge in [-0.2, -0.15) is 0 Å². The molecule has 0 aliphatic rings. The molecule has 300 valence electrons. The van der Waals surface area contributed by atoms with Gasteiger partial charge in [-0.1, -0.05) is 206 Å². The number of aromatic nitrogens is 1. The number of nitrogens with zero attached hydrogens (tertiary/aromatic N) is 2. The molecule has 2 nitrogen and oxygen atoms in total. The minimum absolute atomic E-state index is 1.08. The van der Waals surface area contributed by atoms with E-state index in [-0.39, 0.29) is 0 Å². The van der Waals surface area contributed by atoms with Gasteiger partial charge in [0.2, 0.25) is 0 Å². The molecule has 2 heteroatoms. The van der Waals surface area contributed by atoms with Crippen LogP contribution in [0.5, 0.6) is 0 Å². The highest BCUT2D eigenvalue weighted by atomic mass is 15.1. The molecule has 0 unspecified atom stereocenters. The normalized spacial score (nSPS) is 11.4. The van der Waals surface area contributed by atoms with Crippen LogP contribution in [0.3, 0.4) is 0 Å². The number of benzene rings is 11. The summed E-state index contributed by atoms with van der Waals surface area (Å²) in [5.74, 6) is 0. The first-order valence-electron chi connectivity index (χ1n) is 22.0. The second-order valence-electron chi connectivity index (χ2n) is 16.5. The Morgan fingerprint density at radius 2 is 0.734 bits per heavy atom. The number of hydrogen-bond acceptors (Lipinski definition) is 1. The van der Waals surface area contributed by atoms with E-state index in [2.05, 4.69) is 264 Å². The van der Waals surface area contributed by atoms with Gasteiger partial charge in [0.05, 0.1) is 16.7 Å². The quantitative estimate of drug-likeness (QED) is 0.148. The van der Waals surface area contributed by atoms with E-state index in [1.165, 1.54) is 82.3 Å². The molecule has 0 fully saturated rings. The van der Waals surface area contributed by atoms with Crippen LogP contribution in [-0.4, -0.2) is 4.57 Å². The summed E-state index contributed by atoms with van der Waals surface area (Å²) in [6.07, 6.45) is 0. The SMILES string of the molecule is c1ccc(-c2ccc(N(c3ccc(-c4cccc(-n5c6ccccc6c6ccc7ccccc7c65)c4-c4ccccc4)cc3)c3ccc(-c4cccc5ccccc45)cc3)cc2)cc1. The third kappa shape index (κ3) is 6.44. The highest BCUT2D eigenvalue weighted by Crippen LogP contribution is 2.44. The standard InChI is InChI=1S/C62H42N2/c1-3-15-43(16-4-1)44-29-36-50(37-30-44)63(51-38-31-47(32-39-51)54-25-13-21-45-17-7-9-22-53(45)54)52-40-33-48(34-41-52)55-26-14-28-60(61(55)49-19-5-2-6-20-49)64-59-27-12-11-24-57(59)58-42-35-46-18-8-10-23-56(46)62(58)64/h1-42H. The maximum absolute atomic E-state index is 2.50. The molecule has 0 aliphatic heterocycles. The van der Waals surface area contributed by atoms with Crippen molar-refractivity contribution in [1.82, 2.24) is 4.57 Å². The van der Waals surface area contributed by atoms with Gasteiger partial charge in [-0.15, -0.1) is 0 Å². The molecule has 0 aliphatic carbocycles. The molecule has 0 saturated carbocycles. The van der Waals surface area contributed by atoms with Crippen LogP contribution in [0.15, 0.2) is 255 Å². The van der Waals surface area contributed by atoms with E-state index < -0.39 is 0 Å². The van der Waals surface area contributed by atoms with Crippen molar-refractivity contribution in [1.29, 1.82) is 0 Å². The van der Waals surface area contributed by atoms with E-state index in [4.69, 9.17) is 0 Å². The van der Waals surface area contributed by atoms with Crippen molar-refractivity contribution in [3.05, 3.63) is 255 Å². The van der Waals surface area contributed by atoms with Gasteiger partial charge in [0.25, 0.3) is 0 Å². The minimum Gasteiger partial charge on any atom is -0.311 e. The average molecular weight is 815 g/mol. The third-order valence-corrected chi connectivity index (χ3v) is 12.8. The monoisotopic (exact) mass is 814 g/mol. The van der Waals surface area contributed by atoms with Gasteiger partial charge in [0.1, 0.15) is 0 Å². The van der Waals surface area contributed by atoms with Gasteiger partial charge in [0.15, 0.2) is 0 Å². The summed E-state index contributed by atoms with van der Waals surface area (Å²) in [7, 11) is 0. The summed E-state index contributed by atoms with van der Waals surface area (Å²) in [6.45, 7) is 0. The molecule has 0 bridgehead atoms. The lowest BCUT2D eigenvalue weighted by Gasteiger charge is -2.26. The van der Waals surface area contributed by atoms with Crippen molar-refractivity contribution < 1.29 is 0 Å². The number of hydrogen-bond donors (Lipinski definition) is 0. The lowest BCUT2D eigenvalue weighted by molar-refractivity contribution is 1.19. The van der Waals surface area contributed by atoms with E-state index in [0.29, 0.717) is 0 Å². The summed E-state index contributed by atoms with van der Waals surface area (Å²) in [5.41, 5.74) is 16.4. The molecular weight excluding hydrogens is 773 g/mol. The first-order chi connectivity index (χ1) is 31.8. The molecular formula is C62H42N2. The Morgan fingerprint density at radius 3 is 1.41 bits per heavy atom. The molecule has 1 aromatic heterocycles. The van der Waals surface area contributed by atoms with E-state index in [1.807, 2.05) is 0 Å². The molecule has 12 rings (SSSR count). The predicted molar refractivity (Wildman–Crippen MR) is 272 cm³/mol. The number of rotatable bonds is 8. The van der Waals surface area contributed by atoms with Gasteiger partial charge >= 0.3 is 0 Å². The fourth-order valence-electron chi connectivity index (χ4n) is 9.79. The van der Waals surface area contributed by atoms with E-state index in [1.54, 1.807) is 0 Å². The molecule has 0 saturated heterocycles. The Hall–Kier alpha value is -8.46. The van der Waals surface area contributed by atoms with Crippen LogP contribution in [0.25, 0.3) is 93.5 Å². The Kier molecular flexibility index (Phi) is 9.20. The Morgan fingerprint density at radius 1 is 0.266 bits per heavy atom. The molecule has 0 amide bonds. The van der Waals surface area contributed by atoms with Crippen molar-refractivity contribution >= 4 is 60.4 Å². The smallest absolute Gasteiger partial charge is 0.0619 e. The average Bonchev–Trinajstić information content (AvgIpc) is 3.72. The van der Waals surface area contributed by atoms with E-state index in [9.17, 15) is 0 Å². The third-order valence-electron chi connectivity index (χ3n) is 12.8. The predicted octanol–water partition coefficient (Wildman–Crippen LogP) is 17.2. The summed E-state index contributed by atoms with van der Waals surface area (Å²) in [6, 6.07) is 92.6. The maximum atomic E-state index is 2.50. The van der Waals surface area contributed by atoms with Crippen LogP contribution in [0.1, 0.15) is 0 Å². The Balaban J connectivity index is 1.00. The van der Waals surface area contributed by atoms with Crippen LogP contribution >= 0.6 is 0 Å². The topological polar surface area (TPSA) is 8.17 Å². The van der Waals surface area contributed by atoms with E-state index in [0.717, 1.165) is 28.3 Å². The zero-order valence-electron chi connectivity index (χ0n) is 35.1. The molecule has 0 radical (unpaired) electrons. The minimum atomic E-state index is 1.08. The number of anilines is 3. The molecule has 64 heavy (non-hydrogen) atoms. The lowest BCUT2D eigenvalue weighted by atomic mass is 9.92. The highest BCUT2D eigenvalue weighted by Gasteiger charge is 2.21. The Labute approximate surface area is 373 Å². The van der Waals surface area contributed by atoms with Crippen LogP contribution in [0.4, 0.5) is 17.1 Å². The summed E-state index contributed by atoms with van der Waals surface area (Å²) in [4.78, 5) is 2.36. The van der Waals surface area contributed by atoms with Crippen molar-refractivity contribution in [2.24, 2.45) is 0 Å². The zero-order valence-corrected chi connectivity index (χ0v) is 35.1. The Bertz CT molecular complexity index is 3620. The molecule has 1 heterocycles.